The van der Waals surface area contributed by atoms with Gasteiger partial charge in [-0.3, -0.25) is 19.7 Å². The van der Waals surface area contributed by atoms with Crippen LogP contribution in [0.15, 0.2) is 52.6 Å². The minimum absolute atomic E-state index is 0.00667. The molecule has 3 amide bonds. The predicted octanol–water partition coefficient (Wildman–Crippen LogP) is 2.91. The number of halogens is 1. The number of nitro groups is 1. The summed E-state index contributed by atoms with van der Waals surface area (Å²) in [6, 6.07) is 10.2. The SMILES string of the molecule is O=C(O)CN1C(=O)N/C(=C/c2ccc(OCc3ccc([N+](=O)[O-])cc3)c(Br)c2)C1=O. The van der Waals surface area contributed by atoms with E-state index in [0.29, 0.717) is 20.7 Å². The number of urea groups is 1. The predicted molar refractivity (Wildman–Crippen MR) is 107 cm³/mol. The number of carbonyl (C=O) groups excluding carboxylic acids is 2. The summed E-state index contributed by atoms with van der Waals surface area (Å²) in [5, 5.41) is 21.8. The number of nitrogens with one attached hydrogen (secondary N) is 1. The lowest BCUT2D eigenvalue weighted by molar-refractivity contribution is -0.384. The average Bonchev–Trinajstić information content (AvgIpc) is 2.94. The van der Waals surface area contributed by atoms with E-state index in [9.17, 15) is 24.5 Å². The van der Waals surface area contributed by atoms with E-state index in [1.165, 1.54) is 18.2 Å². The summed E-state index contributed by atoms with van der Waals surface area (Å²) in [6.45, 7) is -0.531. The highest BCUT2D eigenvalue weighted by Crippen LogP contribution is 2.28. The highest BCUT2D eigenvalue weighted by molar-refractivity contribution is 9.10. The number of benzene rings is 2. The Bertz CT molecular complexity index is 1070. The number of imide groups is 1. The Morgan fingerprint density at radius 3 is 2.53 bits per heavy atom. The van der Waals surface area contributed by atoms with Crippen LogP contribution in [0.5, 0.6) is 5.75 Å². The monoisotopic (exact) mass is 475 g/mol. The van der Waals surface area contributed by atoms with Gasteiger partial charge in [-0.2, -0.15) is 0 Å². The molecule has 0 aromatic heterocycles. The zero-order chi connectivity index (χ0) is 21.8. The van der Waals surface area contributed by atoms with Crippen molar-refractivity contribution in [3.8, 4) is 5.75 Å². The smallest absolute Gasteiger partial charge is 0.329 e. The Morgan fingerprint density at radius 2 is 1.93 bits per heavy atom. The molecule has 0 spiro atoms. The van der Waals surface area contributed by atoms with E-state index in [2.05, 4.69) is 21.2 Å². The van der Waals surface area contributed by atoms with E-state index in [4.69, 9.17) is 9.84 Å². The summed E-state index contributed by atoms with van der Waals surface area (Å²) in [5.41, 5.74) is 1.28. The van der Waals surface area contributed by atoms with Crippen molar-refractivity contribution < 1.29 is 29.2 Å². The summed E-state index contributed by atoms with van der Waals surface area (Å²) in [7, 11) is 0. The van der Waals surface area contributed by atoms with Gasteiger partial charge in [0.1, 0.15) is 24.6 Å². The molecule has 0 bridgehead atoms. The van der Waals surface area contributed by atoms with Crippen LogP contribution in [0.25, 0.3) is 6.08 Å². The molecule has 0 atom stereocenters. The molecule has 1 aliphatic rings. The van der Waals surface area contributed by atoms with Crippen LogP contribution in [0.2, 0.25) is 0 Å². The van der Waals surface area contributed by atoms with Crippen molar-refractivity contribution in [2.24, 2.45) is 0 Å². The second-order valence-corrected chi connectivity index (χ2v) is 7.03. The molecule has 2 N–H and O–H groups in total. The summed E-state index contributed by atoms with van der Waals surface area (Å²) in [4.78, 5) is 45.5. The number of hydrogen-bond acceptors (Lipinski definition) is 6. The van der Waals surface area contributed by atoms with Crippen molar-refractivity contribution in [2.45, 2.75) is 6.61 Å². The third kappa shape index (κ3) is 4.81. The van der Waals surface area contributed by atoms with Crippen molar-refractivity contribution >= 4 is 45.6 Å². The Hall–Kier alpha value is -3.73. The molecule has 30 heavy (non-hydrogen) atoms. The van der Waals surface area contributed by atoms with Gasteiger partial charge < -0.3 is 15.2 Å². The second-order valence-electron chi connectivity index (χ2n) is 6.18. The molecule has 1 fully saturated rings. The first-order valence-electron chi connectivity index (χ1n) is 8.46. The van der Waals surface area contributed by atoms with Gasteiger partial charge >= 0.3 is 12.0 Å². The Kier molecular flexibility index (Phi) is 6.11. The summed E-state index contributed by atoms with van der Waals surface area (Å²) in [5.74, 6) is -1.51. The first kappa shape index (κ1) is 21.0. The summed E-state index contributed by atoms with van der Waals surface area (Å²) in [6.07, 6.45) is 1.42. The Labute approximate surface area is 178 Å². The maximum Gasteiger partial charge on any atom is 0.329 e. The summed E-state index contributed by atoms with van der Waals surface area (Å²) < 4.78 is 6.28. The second kappa shape index (κ2) is 8.74. The fourth-order valence-electron chi connectivity index (χ4n) is 2.62. The number of aliphatic carboxylic acids is 1. The highest BCUT2D eigenvalue weighted by Gasteiger charge is 2.34. The first-order chi connectivity index (χ1) is 14.2. The fourth-order valence-corrected chi connectivity index (χ4v) is 3.13. The molecule has 1 aliphatic heterocycles. The number of amides is 3. The van der Waals surface area contributed by atoms with Gasteiger partial charge in [0.2, 0.25) is 0 Å². The molecule has 154 valence electrons. The number of nitrogens with zero attached hydrogens (tertiary/aromatic N) is 2. The number of carboxylic acids is 1. The number of carboxylic acid groups (broad SMARTS) is 1. The van der Waals surface area contributed by atoms with Crippen molar-refractivity contribution in [2.75, 3.05) is 6.54 Å². The van der Waals surface area contributed by atoms with Gasteiger partial charge in [-0.15, -0.1) is 0 Å². The molecule has 0 radical (unpaired) electrons. The van der Waals surface area contributed by atoms with Gasteiger partial charge in [0.25, 0.3) is 11.6 Å². The van der Waals surface area contributed by atoms with E-state index in [1.807, 2.05) is 0 Å². The Morgan fingerprint density at radius 1 is 1.23 bits per heavy atom. The fraction of sp³-hybridized carbons (Fsp3) is 0.105. The molecule has 3 rings (SSSR count). The molecule has 2 aromatic rings. The van der Waals surface area contributed by atoms with Crippen LogP contribution >= 0.6 is 15.9 Å². The molecule has 2 aromatic carbocycles. The molecular weight excluding hydrogens is 462 g/mol. The number of ether oxygens (including phenoxy) is 1. The lowest BCUT2D eigenvalue weighted by Gasteiger charge is -2.09. The van der Waals surface area contributed by atoms with Crippen molar-refractivity contribution in [3.63, 3.8) is 0 Å². The van der Waals surface area contributed by atoms with E-state index >= 15 is 0 Å². The van der Waals surface area contributed by atoms with E-state index < -0.39 is 29.4 Å². The first-order valence-corrected chi connectivity index (χ1v) is 9.26. The average molecular weight is 476 g/mol. The lowest BCUT2D eigenvalue weighted by Crippen LogP contribution is -2.35. The van der Waals surface area contributed by atoms with Gasteiger partial charge in [-0.1, -0.05) is 6.07 Å². The van der Waals surface area contributed by atoms with Gasteiger partial charge in [0.05, 0.1) is 9.40 Å². The molecule has 0 aliphatic carbocycles. The maximum atomic E-state index is 12.2. The number of hydrogen-bond donors (Lipinski definition) is 2. The molecule has 1 saturated heterocycles. The maximum absolute atomic E-state index is 12.2. The van der Waals surface area contributed by atoms with Gasteiger partial charge in [0.15, 0.2) is 0 Å². The molecular formula is C19H14BrN3O7. The van der Waals surface area contributed by atoms with Crippen LogP contribution in [0.1, 0.15) is 11.1 Å². The van der Waals surface area contributed by atoms with E-state index in [-0.39, 0.29) is 18.0 Å². The van der Waals surface area contributed by atoms with Gasteiger partial charge in [-0.25, -0.2) is 9.69 Å². The van der Waals surface area contributed by atoms with Gasteiger partial charge in [0, 0.05) is 12.1 Å². The number of rotatable bonds is 7. The molecule has 10 nitrogen and oxygen atoms in total. The highest BCUT2D eigenvalue weighted by atomic mass is 79.9. The van der Waals surface area contributed by atoms with Crippen LogP contribution in [0.3, 0.4) is 0 Å². The minimum atomic E-state index is -1.29. The van der Waals surface area contributed by atoms with Crippen molar-refractivity contribution in [1.82, 2.24) is 10.2 Å². The number of nitro benzene ring substituents is 1. The van der Waals surface area contributed by atoms with Crippen LogP contribution in [0, 0.1) is 10.1 Å². The number of non-ortho nitro benzene ring substituents is 1. The topological polar surface area (TPSA) is 139 Å². The van der Waals surface area contributed by atoms with Crippen LogP contribution in [-0.4, -0.2) is 39.4 Å². The van der Waals surface area contributed by atoms with Crippen molar-refractivity contribution in [3.05, 3.63) is 73.9 Å². The zero-order valence-corrected chi connectivity index (χ0v) is 16.8. The normalized spacial score (nSPS) is 14.7. The van der Waals surface area contributed by atoms with E-state index in [0.717, 1.165) is 5.56 Å². The Balaban J connectivity index is 1.68. The van der Waals surface area contributed by atoms with E-state index in [1.54, 1.807) is 30.3 Å². The third-order valence-corrected chi connectivity index (χ3v) is 4.68. The third-order valence-electron chi connectivity index (χ3n) is 4.06. The largest absolute Gasteiger partial charge is 0.488 e. The molecule has 11 heteroatoms. The van der Waals surface area contributed by atoms with Crippen LogP contribution < -0.4 is 10.1 Å². The van der Waals surface area contributed by atoms with Crippen LogP contribution in [-0.2, 0) is 16.2 Å². The minimum Gasteiger partial charge on any atom is -0.488 e. The zero-order valence-electron chi connectivity index (χ0n) is 15.2. The number of carbonyl (C=O) groups is 3. The quantitative estimate of drug-likeness (QED) is 0.271. The molecule has 1 heterocycles. The van der Waals surface area contributed by atoms with Crippen LogP contribution in [0.4, 0.5) is 10.5 Å². The molecule has 0 saturated carbocycles. The summed E-state index contributed by atoms with van der Waals surface area (Å²) >= 11 is 3.37. The van der Waals surface area contributed by atoms with Crippen molar-refractivity contribution in [1.29, 1.82) is 0 Å². The standard InChI is InChI=1S/C19H14BrN3O7/c20-14-7-12(8-15-18(26)22(9-17(24)25)19(27)21-15)3-6-16(14)30-10-11-1-4-13(5-2-11)23(28)29/h1-8H,9-10H2,(H,21,27)(H,24,25)/b15-8+. The molecule has 0 unspecified atom stereocenters. The lowest BCUT2D eigenvalue weighted by atomic mass is 10.2. The van der Waals surface area contributed by atoms with Gasteiger partial charge in [-0.05, 0) is 57.4 Å².